The predicted molar refractivity (Wildman–Crippen MR) is 64.5 cm³/mol. The Labute approximate surface area is 92.4 Å². The van der Waals surface area contributed by atoms with Crippen molar-refractivity contribution in [3.8, 4) is 0 Å². The van der Waals surface area contributed by atoms with E-state index in [0.29, 0.717) is 6.42 Å². The van der Waals surface area contributed by atoms with Gasteiger partial charge in [0.05, 0.1) is 0 Å². The van der Waals surface area contributed by atoms with E-state index in [2.05, 4.69) is 25.4 Å². The lowest BCUT2D eigenvalue weighted by atomic mass is 9.87. The van der Waals surface area contributed by atoms with Crippen LogP contribution in [0.1, 0.15) is 32.6 Å². The second-order valence-electron chi connectivity index (χ2n) is 3.84. The first-order valence-electron chi connectivity index (χ1n) is 5.35. The molecule has 0 aliphatic heterocycles. The molecule has 1 amide bonds. The molecule has 0 heterocycles. The molecule has 0 aromatic rings. The Kier molecular flexibility index (Phi) is 6.71. The van der Waals surface area contributed by atoms with Crippen LogP contribution in [0.4, 0.5) is 0 Å². The van der Waals surface area contributed by atoms with Crippen LogP contribution in [0.3, 0.4) is 0 Å². The summed E-state index contributed by atoms with van der Waals surface area (Å²) in [5.74, 6) is -0.290. The summed E-state index contributed by atoms with van der Waals surface area (Å²) < 4.78 is 0. The number of nitrogens with one attached hydrogen (secondary N) is 1. The minimum absolute atomic E-state index is 0.286. The molecule has 0 aliphatic rings. The number of carbonyl (C=O) groups excluding carboxylic acids is 1. The highest BCUT2D eigenvalue weighted by molar-refractivity contribution is 5.75. The van der Waals surface area contributed by atoms with E-state index < -0.39 is 0 Å². The van der Waals surface area contributed by atoms with Crippen LogP contribution in [-0.4, -0.2) is 18.0 Å². The van der Waals surface area contributed by atoms with Crippen LogP contribution < -0.4 is 11.1 Å². The molecule has 0 fully saturated rings. The second-order valence-corrected chi connectivity index (χ2v) is 3.84. The molecule has 0 aromatic heterocycles. The van der Waals surface area contributed by atoms with Crippen LogP contribution in [0.15, 0.2) is 25.3 Å². The Morgan fingerprint density at radius 3 is 2.27 bits per heavy atom. The van der Waals surface area contributed by atoms with Gasteiger partial charge < -0.3 is 11.1 Å². The summed E-state index contributed by atoms with van der Waals surface area (Å²) in [7, 11) is 0. The van der Waals surface area contributed by atoms with Gasteiger partial charge in [-0.1, -0.05) is 19.1 Å². The molecular formula is C12H22N2O. The molecule has 0 saturated heterocycles. The molecule has 0 spiro atoms. The van der Waals surface area contributed by atoms with Gasteiger partial charge in [0.1, 0.15) is 0 Å². The number of nitrogens with two attached hydrogens (primary N) is 1. The minimum atomic E-state index is -0.290. The number of primary amides is 1. The fourth-order valence-electron chi connectivity index (χ4n) is 1.71. The summed E-state index contributed by atoms with van der Waals surface area (Å²) in [6.07, 6.45) is 6.42. The van der Waals surface area contributed by atoms with Gasteiger partial charge in [-0.15, -0.1) is 13.2 Å². The Hall–Kier alpha value is -1.09. The third-order valence-corrected chi connectivity index (χ3v) is 2.33. The van der Waals surface area contributed by atoms with E-state index >= 15 is 0 Å². The molecule has 3 N–H and O–H groups in total. The van der Waals surface area contributed by atoms with E-state index in [1.54, 1.807) is 0 Å². The van der Waals surface area contributed by atoms with Crippen molar-refractivity contribution in [2.24, 2.45) is 5.73 Å². The molecule has 15 heavy (non-hydrogen) atoms. The second kappa shape index (κ2) is 7.23. The molecule has 3 nitrogen and oxygen atoms in total. The summed E-state index contributed by atoms with van der Waals surface area (Å²) in [6.45, 7) is 10.4. The predicted octanol–water partition coefficient (Wildman–Crippen LogP) is 1.75. The molecule has 0 unspecified atom stereocenters. The molecule has 0 atom stereocenters. The number of amides is 1. The van der Waals surface area contributed by atoms with Gasteiger partial charge in [-0.3, -0.25) is 4.79 Å². The van der Waals surface area contributed by atoms with E-state index in [9.17, 15) is 4.79 Å². The van der Waals surface area contributed by atoms with Crippen LogP contribution in [0.25, 0.3) is 0 Å². The molecule has 3 heteroatoms. The Bertz CT molecular complexity index is 214. The van der Waals surface area contributed by atoms with E-state index in [4.69, 9.17) is 5.73 Å². The summed E-state index contributed by atoms with van der Waals surface area (Å²) in [6, 6.07) is 0. The van der Waals surface area contributed by atoms with Crippen molar-refractivity contribution in [1.82, 2.24) is 5.32 Å². The first-order chi connectivity index (χ1) is 7.10. The largest absolute Gasteiger partial charge is 0.370 e. The van der Waals surface area contributed by atoms with Gasteiger partial charge in [0, 0.05) is 12.0 Å². The third kappa shape index (κ3) is 5.37. The maximum Gasteiger partial charge on any atom is 0.219 e. The summed E-state index contributed by atoms with van der Waals surface area (Å²) in [5, 5.41) is 3.37. The van der Waals surface area contributed by atoms with Gasteiger partial charge in [-0.25, -0.2) is 0 Å². The van der Waals surface area contributed by atoms with Crippen molar-refractivity contribution in [3.05, 3.63) is 25.3 Å². The summed E-state index contributed by atoms with van der Waals surface area (Å²) in [4.78, 5) is 11.0. The number of carbonyl (C=O) groups is 1. The highest BCUT2D eigenvalue weighted by Gasteiger charge is 2.28. The van der Waals surface area contributed by atoms with Crippen molar-refractivity contribution >= 4 is 5.91 Å². The van der Waals surface area contributed by atoms with E-state index in [1.165, 1.54) is 0 Å². The van der Waals surface area contributed by atoms with Crippen LogP contribution >= 0.6 is 0 Å². The lowest BCUT2D eigenvalue weighted by molar-refractivity contribution is -0.119. The smallest absolute Gasteiger partial charge is 0.219 e. The van der Waals surface area contributed by atoms with Crippen molar-refractivity contribution in [2.75, 3.05) is 6.54 Å². The third-order valence-electron chi connectivity index (χ3n) is 2.33. The van der Waals surface area contributed by atoms with Gasteiger partial charge in [-0.2, -0.15) is 0 Å². The molecule has 0 aromatic carbocycles. The van der Waals surface area contributed by atoms with Crippen molar-refractivity contribution in [3.63, 3.8) is 0 Å². The first-order valence-corrected chi connectivity index (χ1v) is 5.35. The van der Waals surface area contributed by atoms with Crippen LogP contribution in [-0.2, 0) is 4.79 Å². The van der Waals surface area contributed by atoms with Gasteiger partial charge in [0.25, 0.3) is 0 Å². The first kappa shape index (κ1) is 13.9. The minimum Gasteiger partial charge on any atom is -0.370 e. The fraction of sp³-hybridized carbons (Fsp3) is 0.583. The standard InChI is InChI=1S/C12H22N2O/c1-4-7-12(8-5-2,10-11(13)15)14-9-6-3/h4-5,14H,1-2,6-10H2,3H3,(H2,13,15). The number of rotatable bonds is 9. The van der Waals surface area contributed by atoms with Gasteiger partial charge >= 0.3 is 0 Å². The summed E-state index contributed by atoms with van der Waals surface area (Å²) in [5.41, 5.74) is 4.98. The zero-order chi connectivity index (χ0) is 11.7. The molecule has 0 saturated carbocycles. The molecule has 0 radical (unpaired) electrons. The number of hydrogen-bond acceptors (Lipinski definition) is 2. The summed E-state index contributed by atoms with van der Waals surface area (Å²) >= 11 is 0. The molecule has 86 valence electrons. The maximum absolute atomic E-state index is 11.0. The Morgan fingerprint density at radius 2 is 1.93 bits per heavy atom. The maximum atomic E-state index is 11.0. The van der Waals surface area contributed by atoms with Gasteiger partial charge in [0.15, 0.2) is 0 Å². The van der Waals surface area contributed by atoms with Gasteiger partial charge in [-0.05, 0) is 25.8 Å². The van der Waals surface area contributed by atoms with Gasteiger partial charge in [0.2, 0.25) is 5.91 Å². The van der Waals surface area contributed by atoms with Crippen LogP contribution in [0, 0.1) is 0 Å². The zero-order valence-electron chi connectivity index (χ0n) is 9.59. The highest BCUT2D eigenvalue weighted by atomic mass is 16.1. The molecule has 0 rings (SSSR count). The Morgan fingerprint density at radius 1 is 1.40 bits per heavy atom. The molecule has 0 bridgehead atoms. The van der Waals surface area contributed by atoms with E-state index in [0.717, 1.165) is 25.8 Å². The number of hydrogen-bond donors (Lipinski definition) is 2. The average Bonchev–Trinajstić information content (AvgIpc) is 2.14. The lowest BCUT2D eigenvalue weighted by Crippen LogP contribution is -2.47. The van der Waals surface area contributed by atoms with E-state index in [1.807, 2.05) is 12.2 Å². The van der Waals surface area contributed by atoms with Crippen molar-refractivity contribution in [1.29, 1.82) is 0 Å². The van der Waals surface area contributed by atoms with E-state index in [-0.39, 0.29) is 11.4 Å². The highest BCUT2D eigenvalue weighted by Crippen LogP contribution is 2.21. The topological polar surface area (TPSA) is 55.1 Å². The monoisotopic (exact) mass is 210 g/mol. The fourth-order valence-corrected chi connectivity index (χ4v) is 1.71. The quantitative estimate of drug-likeness (QED) is 0.570. The molecular weight excluding hydrogens is 188 g/mol. The average molecular weight is 210 g/mol. The van der Waals surface area contributed by atoms with Crippen molar-refractivity contribution < 1.29 is 4.79 Å². The van der Waals surface area contributed by atoms with Crippen LogP contribution in [0.2, 0.25) is 0 Å². The molecule has 0 aliphatic carbocycles. The SMILES string of the molecule is C=CCC(CC=C)(CC(N)=O)NCCC. The normalized spacial score (nSPS) is 11.0. The van der Waals surface area contributed by atoms with Crippen LogP contribution in [0.5, 0.6) is 0 Å². The zero-order valence-corrected chi connectivity index (χ0v) is 9.59. The lowest BCUT2D eigenvalue weighted by Gasteiger charge is -2.32. The van der Waals surface area contributed by atoms with Crippen molar-refractivity contribution in [2.45, 2.75) is 38.1 Å². The Balaban J connectivity index is 4.60.